The monoisotopic (exact) mass is 578 g/mol. The number of oxazole rings is 1. The van der Waals surface area contributed by atoms with Gasteiger partial charge in [0, 0.05) is 29.8 Å². The second kappa shape index (κ2) is 10.5. The van der Waals surface area contributed by atoms with Gasteiger partial charge in [-0.2, -0.15) is 0 Å². The molecular weight excluding hydrogens is 547 g/mol. The summed E-state index contributed by atoms with van der Waals surface area (Å²) < 4.78 is 41.0. The van der Waals surface area contributed by atoms with Gasteiger partial charge >= 0.3 is 0 Å². The highest BCUT2D eigenvalue weighted by Gasteiger charge is 2.43. The van der Waals surface area contributed by atoms with Gasteiger partial charge in [-0.3, -0.25) is 4.90 Å². The summed E-state index contributed by atoms with van der Waals surface area (Å²) in [4.78, 5) is 11.5. The van der Waals surface area contributed by atoms with Gasteiger partial charge in [0.25, 0.3) is 5.79 Å². The van der Waals surface area contributed by atoms with Crippen LogP contribution in [-0.2, 0) is 23.6 Å². The summed E-state index contributed by atoms with van der Waals surface area (Å²) >= 11 is 5.98. The van der Waals surface area contributed by atoms with Crippen molar-refractivity contribution in [3.63, 3.8) is 0 Å². The van der Waals surface area contributed by atoms with Crippen molar-refractivity contribution in [2.45, 2.75) is 64.0 Å². The molecule has 0 bridgehead atoms. The lowest BCUT2D eigenvalue weighted by molar-refractivity contribution is -0.0712. The Balaban J connectivity index is 1.07. The number of imidazole rings is 1. The van der Waals surface area contributed by atoms with Crippen LogP contribution in [0.4, 0.5) is 4.39 Å². The molecule has 2 saturated heterocycles. The molecule has 41 heavy (non-hydrogen) atoms. The van der Waals surface area contributed by atoms with Gasteiger partial charge in [-0.15, -0.1) is 0 Å². The molecular formula is C31H32ClFN4O4. The molecule has 5 heterocycles. The molecule has 2 unspecified atom stereocenters. The minimum atomic E-state index is -1.26. The molecule has 0 aliphatic carbocycles. The van der Waals surface area contributed by atoms with Crippen LogP contribution in [0.5, 0.6) is 11.5 Å². The van der Waals surface area contributed by atoms with E-state index in [1.807, 2.05) is 12.1 Å². The van der Waals surface area contributed by atoms with Gasteiger partial charge in [-0.25, -0.2) is 14.4 Å². The van der Waals surface area contributed by atoms with Gasteiger partial charge in [0.2, 0.25) is 0 Å². The lowest BCUT2D eigenvalue weighted by Gasteiger charge is -2.33. The van der Waals surface area contributed by atoms with Gasteiger partial charge in [-0.1, -0.05) is 23.7 Å². The van der Waals surface area contributed by atoms with E-state index >= 15 is 0 Å². The molecule has 3 aliphatic heterocycles. The summed E-state index contributed by atoms with van der Waals surface area (Å²) in [6.07, 6.45) is 6.38. The third-order valence-electron chi connectivity index (χ3n) is 8.57. The largest absolute Gasteiger partial charge is 0.444 e. The smallest absolute Gasteiger partial charge is 0.278 e. The average Bonchev–Trinajstić information content (AvgIpc) is 3.65. The molecule has 4 aromatic rings. The number of aromatic nitrogens is 3. The molecule has 2 aromatic heterocycles. The first-order valence-corrected chi connectivity index (χ1v) is 14.5. The van der Waals surface area contributed by atoms with Crippen LogP contribution in [0.15, 0.2) is 53.4 Å². The number of piperidine rings is 1. The number of halogens is 2. The topological polar surface area (TPSA) is 74.8 Å². The average molecular weight is 579 g/mol. The third-order valence-corrected chi connectivity index (χ3v) is 8.80. The number of benzene rings is 2. The number of nitrogens with zero attached hydrogens (tertiary/aromatic N) is 4. The Bertz CT molecular complexity index is 1560. The summed E-state index contributed by atoms with van der Waals surface area (Å²) in [5.41, 5.74) is 3.33. The van der Waals surface area contributed by atoms with E-state index in [0.717, 1.165) is 74.8 Å². The molecule has 8 nitrogen and oxygen atoms in total. The highest BCUT2D eigenvalue weighted by molar-refractivity contribution is 6.30. The van der Waals surface area contributed by atoms with Gasteiger partial charge < -0.3 is 23.2 Å². The number of ether oxygens (including phenoxy) is 3. The first-order chi connectivity index (χ1) is 19.9. The fourth-order valence-corrected chi connectivity index (χ4v) is 6.35. The van der Waals surface area contributed by atoms with E-state index in [1.165, 1.54) is 12.5 Å². The van der Waals surface area contributed by atoms with E-state index in [-0.39, 0.29) is 6.10 Å². The highest BCUT2D eigenvalue weighted by atomic mass is 35.5. The Hall–Kier alpha value is -3.40. The molecule has 214 valence electrons. The summed E-state index contributed by atoms with van der Waals surface area (Å²) in [7, 11) is 0. The van der Waals surface area contributed by atoms with Crippen molar-refractivity contribution in [2.75, 3.05) is 19.7 Å². The zero-order chi connectivity index (χ0) is 28.1. The van der Waals surface area contributed by atoms with Crippen molar-refractivity contribution >= 4 is 11.6 Å². The van der Waals surface area contributed by atoms with Gasteiger partial charge in [0.1, 0.15) is 17.3 Å². The van der Waals surface area contributed by atoms with Crippen molar-refractivity contribution in [2.24, 2.45) is 0 Å². The number of hydrogen-bond acceptors (Lipinski definition) is 7. The van der Waals surface area contributed by atoms with Crippen LogP contribution in [0, 0.1) is 12.7 Å². The van der Waals surface area contributed by atoms with Crippen molar-refractivity contribution in [3.8, 4) is 23.0 Å². The molecule has 2 aromatic carbocycles. The molecule has 0 spiro atoms. The first-order valence-electron chi connectivity index (χ1n) is 14.1. The van der Waals surface area contributed by atoms with Gasteiger partial charge in [-0.05, 0) is 69.5 Å². The van der Waals surface area contributed by atoms with E-state index in [9.17, 15) is 4.39 Å². The van der Waals surface area contributed by atoms with Crippen LogP contribution >= 0.6 is 11.6 Å². The van der Waals surface area contributed by atoms with Crippen LogP contribution in [-0.4, -0.2) is 45.2 Å². The number of rotatable bonds is 7. The normalized spacial score (nSPS) is 22.7. The van der Waals surface area contributed by atoms with Crippen LogP contribution < -0.4 is 9.47 Å². The van der Waals surface area contributed by atoms with Crippen LogP contribution in [0.2, 0.25) is 5.02 Å². The molecule has 0 radical (unpaired) electrons. The lowest BCUT2D eigenvalue weighted by Crippen LogP contribution is -2.35. The molecule has 0 amide bonds. The SMILES string of the molecule is Cc1c(-c2cnco2)nc(CN2CCC(c3cccc4c3OC(C)(c3ccc(Cl)cc3F)O4)CC2)n1CC1CCO1. The van der Waals surface area contributed by atoms with Crippen molar-refractivity contribution in [3.05, 3.63) is 82.5 Å². The Labute approximate surface area is 243 Å². The van der Waals surface area contributed by atoms with Crippen molar-refractivity contribution in [1.82, 2.24) is 19.4 Å². The molecule has 10 heteroatoms. The van der Waals surface area contributed by atoms with Crippen molar-refractivity contribution < 1.29 is 23.0 Å². The second-order valence-corrected chi connectivity index (χ2v) is 11.7. The minimum absolute atomic E-state index is 0.226. The van der Waals surface area contributed by atoms with E-state index in [2.05, 4.69) is 27.4 Å². The predicted molar refractivity (Wildman–Crippen MR) is 151 cm³/mol. The maximum Gasteiger partial charge on any atom is 0.278 e. The molecule has 0 saturated carbocycles. The number of likely N-dealkylation sites (tertiary alicyclic amines) is 1. The number of para-hydroxylation sites is 1. The molecule has 3 aliphatic rings. The zero-order valence-electron chi connectivity index (χ0n) is 23.1. The van der Waals surface area contributed by atoms with E-state index in [4.69, 9.17) is 35.2 Å². The first kappa shape index (κ1) is 26.5. The Morgan fingerprint density at radius 3 is 2.66 bits per heavy atom. The minimum Gasteiger partial charge on any atom is -0.444 e. The summed E-state index contributed by atoms with van der Waals surface area (Å²) in [5.74, 6) is 1.63. The summed E-state index contributed by atoms with van der Waals surface area (Å²) in [6, 6.07) is 10.5. The molecule has 0 N–H and O–H groups in total. The Kier molecular flexibility index (Phi) is 6.76. The summed E-state index contributed by atoms with van der Waals surface area (Å²) in [5, 5.41) is 0.334. The van der Waals surface area contributed by atoms with E-state index in [1.54, 1.807) is 25.3 Å². The van der Waals surface area contributed by atoms with Gasteiger partial charge in [0.15, 0.2) is 23.7 Å². The predicted octanol–water partition coefficient (Wildman–Crippen LogP) is 6.45. The lowest BCUT2D eigenvalue weighted by atomic mass is 9.88. The highest BCUT2D eigenvalue weighted by Crippen LogP contribution is 2.50. The van der Waals surface area contributed by atoms with Gasteiger partial charge in [0.05, 0.1) is 31.0 Å². The Morgan fingerprint density at radius 1 is 1.12 bits per heavy atom. The number of hydrogen-bond donors (Lipinski definition) is 0. The fourth-order valence-electron chi connectivity index (χ4n) is 6.19. The molecule has 2 fully saturated rings. The fraction of sp³-hybridized carbons (Fsp3) is 0.419. The van der Waals surface area contributed by atoms with Crippen LogP contribution in [0.25, 0.3) is 11.5 Å². The maximum atomic E-state index is 14.8. The standard InChI is InChI=1S/C31H32ClFN4O4/c1-19-29(27-15-34-18-39-27)35-28(37(19)16-22-10-13-38-22)17-36-11-8-20(9-12-36)23-4-3-5-26-30(23)41-31(2,40-26)24-7-6-21(32)14-25(24)33/h3-7,14-15,18,20,22H,8-13,16-17H2,1-2H3. The second-order valence-electron chi connectivity index (χ2n) is 11.2. The quantitative estimate of drug-likeness (QED) is 0.249. The molecule has 7 rings (SSSR count). The van der Waals surface area contributed by atoms with Crippen LogP contribution in [0.1, 0.15) is 54.7 Å². The Morgan fingerprint density at radius 2 is 1.95 bits per heavy atom. The maximum absolute atomic E-state index is 14.8. The number of fused-ring (bicyclic) bond motifs is 1. The summed E-state index contributed by atoms with van der Waals surface area (Å²) in [6.45, 7) is 8.03. The zero-order valence-corrected chi connectivity index (χ0v) is 23.9. The third kappa shape index (κ3) is 4.90. The van der Waals surface area contributed by atoms with E-state index in [0.29, 0.717) is 33.8 Å². The van der Waals surface area contributed by atoms with Crippen molar-refractivity contribution in [1.29, 1.82) is 0 Å². The van der Waals surface area contributed by atoms with Crippen LogP contribution in [0.3, 0.4) is 0 Å². The van der Waals surface area contributed by atoms with E-state index < -0.39 is 11.6 Å². The molecule has 2 atom stereocenters.